The molecule has 0 radical (unpaired) electrons. The summed E-state index contributed by atoms with van der Waals surface area (Å²) in [5, 5.41) is 19.7. The molecule has 2 nitrogen and oxygen atoms in total. The minimum absolute atomic E-state index is 0.0627. The molecule has 30 heavy (non-hydrogen) atoms. The molecule has 2 rings (SSSR count). The highest BCUT2D eigenvalue weighted by Crippen LogP contribution is 2.57. The summed E-state index contributed by atoms with van der Waals surface area (Å²) in [5.41, 5.74) is -1.29. The zero-order valence-corrected chi connectivity index (χ0v) is 16.7. The van der Waals surface area contributed by atoms with Gasteiger partial charge in [-0.15, -0.1) is 0 Å². The number of hydrogen-bond acceptors (Lipinski definition) is 2. The van der Waals surface area contributed by atoms with Crippen LogP contribution in [0.4, 0.5) is 39.5 Å². The second kappa shape index (κ2) is 8.01. The fourth-order valence-corrected chi connectivity index (χ4v) is 5.33. The average Bonchev–Trinajstić information content (AvgIpc) is 2.53. The Balaban J connectivity index is 2.37. The van der Waals surface area contributed by atoms with E-state index in [0.29, 0.717) is 0 Å². The Morgan fingerprint density at radius 1 is 0.567 bits per heavy atom. The van der Waals surface area contributed by atoms with E-state index in [9.17, 15) is 49.7 Å². The van der Waals surface area contributed by atoms with Gasteiger partial charge in [-0.25, -0.2) is 0 Å². The molecule has 0 bridgehead atoms. The second-order valence-corrected chi connectivity index (χ2v) is 9.56. The molecule has 2 aliphatic carbocycles. The van der Waals surface area contributed by atoms with Crippen LogP contribution in [-0.2, 0) is 0 Å². The van der Waals surface area contributed by atoms with Crippen LogP contribution in [0.1, 0.15) is 46.5 Å². The number of rotatable bonds is 2. The van der Waals surface area contributed by atoms with Crippen molar-refractivity contribution in [3.63, 3.8) is 0 Å². The molecule has 2 aliphatic rings. The second-order valence-electron chi connectivity index (χ2n) is 9.56. The minimum atomic E-state index is -5.07. The van der Waals surface area contributed by atoms with Crippen LogP contribution in [0.3, 0.4) is 0 Å². The van der Waals surface area contributed by atoms with Gasteiger partial charge in [-0.2, -0.15) is 39.5 Å². The molecule has 0 saturated heterocycles. The summed E-state index contributed by atoms with van der Waals surface area (Å²) in [5.74, 6) is -10.1. The van der Waals surface area contributed by atoms with Crippen molar-refractivity contribution < 1.29 is 49.7 Å². The highest BCUT2D eigenvalue weighted by atomic mass is 19.4. The van der Waals surface area contributed by atoms with Gasteiger partial charge < -0.3 is 10.2 Å². The van der Waals surface area contributed by atoms with E-state index >= 15 is 0 Å². The maximum atomic E-state index is 13.4. The van der Waals surface area contributed by atoms with Gasteiger partial charge in [-0.3, -0.25) is 0 Å². The maximum Gasteiger partial charge on any atom is 0.394 e. The van der Waals surface area contributed by atoms with Gasteiger partial charge in [0.05, 0.1) is 30.0 Å². The molecule has 0 aromatic rings. The first kappa shape index (κ1) is 25.5. The molecule has 6 atom stereocenters. The van der Waals surface area contributed by atoms with Crippen molar-refractivity contribution in [3.05, 3.63) is 0 Å². The van der Waals surface area contributed by atoms with Crippen molar-refractivity contribution in [2.75, 3.05) is 0 Å². The summed E-state index contributed by atoms with van der Waals surface area (Å²) in [6.45, 7) is 4.20. The number of alkyl halides is 9. The fourth-order valence-electron chi connectivity index (χ4n) is 5.33. The van der Waals surface area contributed by atoms with Crippen molar-refractivity contribution in [1.29, 1.82) is 0 Å². The fraction of sp³-hybridized carbons (Fsp3) is 1.00. The first-order valence-corrected chi connectivity index (χ1v) is 9.84. The Hall–Kier alpha value is -0.710. The number of aliphatic hydroxyl groups excluding tert-OH is 2. The van der Waals surface area contributed by atoms with E-state index in [1.54, 1.807) is 0 Å². The molecule has 6 unspecified atom stereocenters. The van der Waals surface area contributed by atoms with Gasteiger partial charge in [0.15, 0.2) is 0 Å². The lowest BCUT2D eigenvalue weighted by Gasteiger charge is -2.52. The van der Waals surface area contributed by atoms with E-state index in [1.807, 2.05) is 0 Å². The van der Waals surface area contributed by atoms with Gasteiger partial charge in [-0.1, -0.05) is 20.8 Å². The highest BCUT2D eigenvalue weighted by Gasteiger charge is 2.61. The van der Waals surface area contributed by atoms with Crippen LogP contribution in [0.25, 0.3) is 0 Å². The van der Waals surface area contributed by atoms with Crippen LogP contribution >= 0.6 is 0 Å². The lowest BCUT2D eigenvalue weighted by atomic mass is 9.55. The zero-order chi connectivity index (χ0) is 23.4. The van der Waals surface area contributed by atoms with E-state index in [0.717, 1.165) is 0 Å². The molecule has 0 aliphatic heterocycles. The lowest BCUT2D eigenvalue weighted by molar-refractivity contribution is -0.274. The Labute approximate surface area is 168 Å². The summed E-state index contributed by atoms with van der Waals surface area (Å²) < 4.78 is 120. The molecule has 2 N–H and O–H groups in total. The highest BCUT2D eigenvalue weighted by molar-refractivity contribution is 5.00. The van der Waals surface area contributed by atoms with Crippen molar-refractivity contribution >= 4 is 0 Å². The zero-order valence-electron chi connectivity index (χ0n) is 16.7. The van der Waals surface area contributed by atoms with E-state index in [4.69, 9.17) is 0 Å². The van der Waals surface area contributed by atoms with Crippen LogP contribution in [-0.4, -0.2) is 40.9 Å². The van der Waals surface area contributed by atoms with Gasteiger partial charge >= 0.3 is 18.5 Å². The minimum Gasteiger partial charge on any atom is -0.392 e. The first-order chi connectivity index (χ1) is 13.3. The number of hydrogen-bond donors (Lipinski definition) is 2. The average molecular weight is 458 g/mol. The van der Waals surface area contributed by atoms with Gasteiger partial charge in [0.2, 0.25) is 0 Å². The summed E-state index contributed by atoms with van der Waals surface area (Å²) in [7, 11) is 0. The summed E-state index contributed by atoms with van der Waals surface area (Å²) in [4.78, 5) is 0. The third-order valence-electron chi connectivity index (χ3n) is 7.46. The summed E-state index contributed by atoms with van der Waals surface area (Å²) in [6.07, 6.45) is -21.2. The normalized spacial score (nSPS) is 39.8. The predicted octanol–water partition coefficient (Wildman–Crippen LogP) is 5.73. The first-order valence-electron chi connectivity index (χ1n) is 9.84. The summed E-state index contributed by atoms with van der Waals surface area (Å²) in [6, 6.07) is 0. The van der Waals surface area contributed by atoms with Gasteiger partial charge in [0.1, 0.15) is 0 Å². The Morgan fingerprint density at radius 2 is 0.867 bits per heavy atom. The van der Waals surface area contributed by atoms with E-state index in [2.05, 4.69) is 0 Å². The molecule has 0 heterocycles. The van der Waals surface area contributed by atoms with Gasteiger partial charge in [0, 0.05) is 0 Å². The monoisotopic (exact) mass is 458 g/mol. The topological polar surface area (TPSA) is 40.5 Å². The summed E-state index contributed by atoms with van der Waals surface area (Å²) >= 11 is 0. The largest absolute Gasteiger partial charge is 0.394 e. The van der Waals surface area contributed by atoms with Crippen LogP contribution in [0.5, 0.6) is 0 Å². The molecule has 0 spiro atoms. The van der Waals surface area contributed by atoms with Gasteiger partial charge in [0.25, 0.3) is 0 Å². The third-order valence-corrected chi connectivity index (χ3v) is 7.46. The molecule has 0 aromatic carbocycles. The molecule has 0 aromatic heterocycles. The lowest BCUT2D eigenvalue weighted by Crippen LogP contribution is -2.54. The molecule has 2 saturated carbocycles. The maximum absolute atomic E-state index is 13.4. The van der Waals surface area contributed by atoms with Crippen LogP contribution in [0.15, 0.2) is 0 Å². The van der Waals surface area contributed by atoms with E-state index in [-0.39, 0.29) is 6.42 Å². The van der Waals surface area contributed by atoms with Gasteiger partial charge in [-0.05, 0) is 48.9 Å². The SMILES string of the molecule is CC1CC(C(C)(C)C2CC(C(F)(F)F)C(O)C(C(F)(F)F)C2)CC(C(F)(F)F)C1O. The third kappa shape index (κ3) is 5.02. The standard InChI is InChI=1S/C19H27F9O2/c1-8-4-9(5-11(14(8)29)17(20,21)22)16(2,3)10-6-12(18(23,24)25)15(30)13(7-10)19(26,27)28/h8-15,29-30H,4-7H2,1-3H3. The Kier molecular flexibility index (Phi) is 6.82. The molecule has 0 amide bonds. The van der Waals surface area contributed by atoms with Crippen LogP contribution in [0, 0.1) is 40.9 Å². The van der Waals surface area contributed by atoms with Crippen LogP contribution < -0.4 is 0 Å². The molecule has 11 heteroatoms. The van der Waals surface area contributed by atoms with Crippen LogP contribution in [0.2, 0.25) is 0 Å². The van der Waals surface area contributed by atoms with Crippen molar-refractivity contribution in [2.24, 2.45) is 40.9 Å². The van der Waals surface area contributed by atoms with Crippen molar-refractivity contribution in [2.45, 2.75) is 77.2 Å². The molecular weight excluding hydrogens is 431 g/mol. The molecular formula is C19H27F9O2. The van der Waals surface area contributed by atoms with E-state index < -0.39 is 90.9 Å². The number of aliphatic hydroxyl groups is 2. The number of halogens is 9. The Morgan fingerprint density at radius 3 is 1.20 bits per heavy atom. The Bertz CT molecular complexity index is 572. The van der Waals surface area contributed by atoms with E-state index in [1.165, 1.54) is 20.8 Å². The predicted molar refractivity (Wildman–Crippen MR) is 89.0 cm³/mol. The smallest absolute Gasteiger partial charge is 0.392 e. The molecule has 2 fully saturated rings. The quantitative estimate of drug-likeness (QED) is 0.520. The molecule has 178 valence electrons. The van der Waals surface area contributed by atoms with Crippen molar-refractivity contribution in [1.82, 2.24) is 0 Å². The van der Waals surface area contributed by atoms with Crippen molar-refractivity contribution in [3.8, 4) is 0 Å².